The van der Waals surface area contributed by atoms with Crippen LogP contribution in [-0.4, -0.2) is 71.5 Å². The Morgan fingerprint density at radius 2 is 1.82 bits per heavy atom. The van der Waals surface area contributed by atoms with Gasteiger partial charge in [0.1, 0.15) is 23.5 Å². The molecule has 1 aromatic carbocycles. The molecule has 2 aliphatic rings. The van der Waals surface area contributed by atoms with E-state index in [1.807, 2.05) is 11.0 Å². The summed E-state index contributed by atoms with van der Waals surface area (Å²) in [7, 11) is 0. The van der Waals surface area contributed by atoms with Gasteiger partial charge in [0.05, 0.1) is 6.54 Å². The van der Waals surface area contributed by atoms with Crippen molar-refractivity contribution in [3.63, 3.8) is 0 Å². The molecule has 6 nitrogen and oxygen atoms in total. The van der Waals surface area contributed by atoms with E-state index in [1.165, 1.54) is 18.8 Å². The third-order valence-corrected chi connectivity index (χ3v) is 5.85. The number of piperazine rings is 1. The maximum atomic E-state index is 14.0. The predicted octanol–water partition coefficient (Wildman–Crippen LogP) is 2.40. The molecule has 1 amide bonds. The summed E-state index contributed by atoms with van der Waals surface area (Å²) >= 11 is 0. The highest BCUT2D eigenvalue weighted by molar-refractivity contribution is 5.89. The van der Waals surface area contributed by atoms with Crippen molar-refractivity contribution in [2.45, 2.75) is 20.3 Å². The molecular weight excluding hydrogens is 357 g/mol. The van der Waals surface area contributed by atoms with Gasteiger partial charge in [-0.1, -0.05) is 19.9 Å². The second-order valence-corrected chi connectivity index (χ2v) is 8.34. The van der Waals surface area contributed by atoms with Crippen molar-refractivity contribution >= 4 is 22.6 Å². The Bertz CT molecular complexity index is 842. The van der Waals surface area contributed by atoms with Crippen molar-refractivity contribution in [3.05, 3.63) is 30.3 Å². The number of amides is 1. The zero-order valence-electron chi connectivity index (χ0n) is 16.6. The van der Waals surface area contributed by atoms with Crippen molar-refractivity contribution in [2.75, 3.05) is 50.7 Å². The summed E-state index contributed by atoms with van der Waals surface area (Å²) in [5.74, 6) is 1.85. The van der Waals surface area contributed by atoms with E-state index in [9.17, 15) is 9.18 Å². The molecule has 0 radical (unpaired) electrons. The fraction of sp³-hybridized carbons (Fsp3) is 0.571. The number of aromatic nitrogens is 2. The summed E-state index contributed by atoms with van der Waals surface area (Å²) in [6, 6.07) is 4.98. The molecule has 0 bridgehead atoms. The van der Waals surface area contributed by atoms with E-state index in [2.05, 4.69) is 33.6 Å². The van der Waals surface area contributed by atoms with E-state index in [0.29, 0.717) is 23.9 Å². The molecule has 7 heteroatoms. The first-order valence-electron chi connectivity index (χ1n) is 10.2. The van der Waals surface area contributed by atoms with E-state index in [-0.39, 0.29) is 11.7 Å². The van der Waals surface area contributed by atoms with Gasteiger partial charge in [0.15, 0.2) is 0 Å². The van der Waals surface area contributed by atoms with Gasteiger partial charge in [-0.3, -0.25) is 9.69 Å². The summed E-state index contributed by atoms with van der Waals surface area (Å²) in [5, 5.41) is 0.739. The topological polar surface area (TPSA) is 52.6 Å². The number of nitrogens with zero attached hydrogens (tertiary/aromatic N) is 5. The quantitative estimate of drug-likeness (QED) is 0.812. The molecule has 2 unspecified atom stereocenters. The zero-order chi connectivity index (χ0) is 19.7. The van der Waals surface area contributed by atoms with Crippen molar-refractivity contribution in [1.82, 2.24) is 19.8 Å². The van der Waals surface area contributed by atoms with Gasteiger partial charge in [-0.25, -0.2) is 14.4 Å². The number of piperidine rings is 1. The lowest BCUT2D eigenvalue weighted by Gasteiger charge is -2.38. The van der Waals surface area contributed by atoms with E-state index < -0.39 is 0 Å². The monoisotopic (exact) mass is 385 g/mol. The molecule has 150 valence electrons. The first-order valence-corrected chi connectivity index (χ1v) is 10.2. The Morgan fingerprint density at radius 1 is 1.11 bits per heavy atom. The second kappa shape index (κ2) is 7.99. The SMILES string of the molecule is CC1CC(C)CN(C(=O)CN2CCN(c3ncnc4c(F)cccc34)CC2)C1. The predicted molar refractivity (Wildman–Crippen MR) is 108 cm³/mol. The number of likely N-dealkylation sites (tertiary alicyclic amines) is 1. The van der Waals surface area contributed by atoms with Crippen molar-refractivity contribution in [1.29, 1.82) is 0 Å². The smallest absolute Gasteiger partial charge is 0.236 e. The molecule has 3 heterocycles. The molecule has 2 fully saturated rings. The van der Waals surface area contributed by atoms with Crippen LogP contribution in [0.2, 0.25) is 0 Å². The number of rotatable bonds is 3. The highest BCUT2D eigenvalue weighted by Gasteiger charge is 2.28. The van der Waals surface area contributed by atoms with E-state index in [0.717, 1.165) is 50.5 Å². The summed E-state index contributed by atoms with van der Waals surface area (Å²) in [6.45, 7) is 9.81. The summed E-state index contributed by atoms with van der Waals surface area (Å²) in [4.78, 5) is 27.6. The molecule has 2 aliphatic heterocycles. The molecular formula is C21H28FN5O. The molecule has 2 aromatic rings. The van der Waals surface area contributed by atoms with Crippen molar-refractivity contribution in [2.24, 2.45) is 11.8 Å². The van der Waals surface area contributed by atoms with Gasteiger partial charge < -0.3 is 9.80 Å². The van der Waals surface area contributed by atoms with E-state index in [1.54, 1.807) is 6.07 Å². The van der Waals surface area contributed by atoms with Gasteiger partial charge in [0.2, 0.25) is 5.91 Å². The molecule has 0 aliphatic carbocycles. The number of benzene rings is 1. The van der Waals surface area contributed by atoms with Crippen LogP contribution in [0.3, 0.4) is 0 Å². The Labute approximate surface area is 165 Å². The minimum Gasteiger partial charge on any atom is -0.353 e. The van der Waals surface area contributed by atoms with E-state index >= 15 is 0 Å². The Morgan fingerprint density at radius 3 is 2.54 bits per heavy atom. The maximum absolute atomic E-state index is 14.0. The van der Waals surface area contributed by atoms with Crippen LogP contribution in [0.5, 0.6) is 0 Å². The fourth-order valence-electron chi connectivity index (χ4n) is 4.57. The van der Waals surface area contributed by atoms with Crippen molar-refractivity contribution < 1.29 is 9.18 Å². The molecule has 28 heavy (non-hydrogen) atoms. The van der Waals surface area contributed by atoms with Crippen LogP contribution in [0.25, 0.3) is 10.9 Å². The number of fused-ring (bicyclic) bond motifs is 1. The lowest BCUT2D eigenvalue weighted by Crippen LogP contribution is -2.52. The first kappa shape index (κ1) is 19.1. The largest absolute Gasteiger partial charge is 0.353 e. The van der Waals surface area contributed by atoms with Gasteiger partial charge in [0.25, 0.3) is 0 Å². The molecule has 0 saturated carbocycles. The minimum atomic E-state index is -0.324. The van der Waals surface area contributed by atoms with Crippen LogP contribution in [-0.2, 0) is 4.79 Å². The van der Waals surface area contributed by atoms with Crippen LogP contribution >= 0.6 is 0 Å². The average molecular weight is 385 g/mol. The first-order chi connectivity index (χ1) is 13.5. The van der Waals surface area contributed by atoms with Crippen LogP contribution in [0.4, 0.5) is 10.2 Å². The summed E-state index contributed by atoms with van der Waals surface area (Å²) < 4.78 is 14.0. The lowest BCUT2D eigenvalue weighted by atomic mass is 9.92. The van der Waals surface area contributed by atoms with Gasteiger partial charge in [0, 0.05) is 44.7 Å². The number of carbonyl (C=O) groups excluding carboxylic acids is 1. The minimum absolute atomic E-state index is 0.237. The fourth-order valence-corrected chi connectivity index (χ4v) is 4.57. The number of anilines is 1. The number of hydrogen-bond acceptors (Lipinski definition) is 5. The maximum Gasteiger partial charge on any atom is 0.236 e. The van der Waals surface area contributed by atoms with Crippen molar-refractivity contribution in [3.8, 4) is 0 Å². The van der Waals surface area contributed by atoms with Gasteiger partial charge in [-0.15, -0.1) is 0 Å². The van der Waals surface area contributed by atoms with E-state index in [4.69, 9.17) is 0 Å². The zero-order valence-corrected chi connectivity index (χ0v) is 16.6. The molecule has 0 spiro atoms. The number of halogens is 1. The Balaban J connectivity index is 1.38. The Hall–Kier alpha value is -2.28. The second-order valence-electron chi connectivity index (χ2n) is 8.34. The van der Waals surface area contributed by atoms with Crippen LogP contribution < -0.4 is 4.90 Å². The van der Waals surface area contributed by atoms with Crippen LogP contribution in [0.15, 0.2) is 24.5 Å². The van der Waals surface area contributed by atoms with Crippen LogP contribution in [0.1, 0.15) is 20.3 Å². The van der Waals surface area contributed by atoms with Gasteiger partial charge in [-0.05, 0) is 30.4 Å². The van der Waals surface area contributed by atoms with Gasteiger partial charge >= 0.3 is 0 Å². The molecule has 2 saturated heterocycles. The highest BCUT2D eigenvalue weighted by Crippen LogP contribution is 2.25. The number of para-hydroxylation sites is 1. The summed E-state index contributed by atoms with van der Waals surface area (Å²) in [5.41, 5.74) is 0.360. The normalized spacial score (nSPS) is 24.0. The molecule has 0 N–H and O–H groups in total. The number of carbonyl (C=O) groups is 1. The third kappa shape index (κ3) is 3.94. The summed E-state index contributed by atoms with van der Waals surface area (Å²) in [6.07, 6.45) is 2.63. The Kier molecular flexibility index (Phi) is 5.44. The molecule has 2 atom stereocenters. The number of hydrogen-bond donors (Lipinski definition) is 0. The third-order valence-electron chi connectivity index (χ3n) is 5.85. The molecule has 1 aromatic heterocycles. The van der Waals surface area contributed by atoms with Crippen LogP contribution in [0, 0.1) is 17.7 Å². The molecule has 4 rings (SSSR count). The standard InChI is InChI=1S/C21H28FN5O/c1-15-10-16(2)12-27(11-15)19(28)13-25-6-8-26(9-7-25)21-17-4-3-5-18(22)20(17)23-14-24-21/h3-5,14-16H,6-13H2,1-2H3. The van der Waals surface area contributed by atoms with Gasteiger partial charge in [-0.2, -0.15) is 0 Å². The average Bonchev–Trinajstić information content (AvgIpc) is 2.68. The highest BCUT2D eigenvalue weighted by atomic mass is 19.1. The lowest BCUT2D eigenvalue weighted by molar-refractivity contribution is -0.135.